The molecule has 0 spiro atoms. The monoisotopic (exact) mass is 765 g/mol. The zero-order chi connectivity index (χ0) is 41.3. The molecule has 0 saturated heterocycles. The van der Waals surface area contributed by atoms with Crippen molar-refractivity contribution in [2.45, 2.75) is 66.2 Å². The van der Waals surface area contributed by atoms with Crippen LogP contribution in [-0.2, 0) is 10.8 Å². The molecule has 0 fully saturated rings. The summed E-state index contributed by atoms with van der Waals surface area (Å²) in [6.07, 6.45) is 0. The molecule has 1 heteroatoms. The van der Waals surface area contributed by atoms with Crippen molar-refractivity contribution < 1.29 is 0 Å². The van der Waals surface area contributed by atoms with Crippen molar-refractivity contribution in [3.63, 3.8) is 0 Å². The number of benzene rings is 8. The predicted octanol–water partition coefficient (Wildman–Crippen LogP) is 16.7. The lowest BCUT2D eigenvalue weighted by Gasteiger charge is -2.27. The maximum atomic E-state index is 2.39. The topological polar surface area (TPSA) is 3.24 Å². The molecule has 0 heterocycles. The molecule has 1 nitrogen and oxygen atoms in total. The van der Waals surface area contributed by atoms with Gasteiger partial charge in [-0.25, -0.2) is 0 Å². The first-order valence-electron chi connectivity index (χ1n) is 20.9. The molecule has 0 N–H and O–H groups in total. The Kier molecular flexibility index (Phi) is 10.7. The summed E-state index contributed by atoms with van der Waals surface area (Å²) in [7, 11) is 0. The average Bonchev–Trinajstić information content (AvgIpc) is 3.24. The Bertz CT molecular complexity index is 2550. The van der Waals surface area contributed by atoms with Crippen LogP contribution < -0.4 is 4.90 Å². The van der Waals surface area contributed by atoms with Crippen LogP contribution >= 0.6 is 0 Å². The minimum absolute atomic E-state index is 0.0497. The van der Waals surface area contributed by atoms with Gasteiger partial charge in [-0.3, -0.25) is 0 Å². The van der Waals surface area contributed by atoms with Crippen LogP contribution in [0.5, 0.6) is 0 Å². The average molecular weight is 766 g/mol. The summed E-state index contributed by atoms with van der Waals surface area (Å²) in [6, 6.07) is 69.5. The van der Waals surface area contributed by atoms with Crippen molar-refractivity contribution in [1.82, 2.24) is 0 Å². The molecule has 0 radical (unpaired) electrons. The maximum absolute atomic E-state index is 2.39. The second kappa shape index (κ2) is 16.1. The second-order valence-corrected chi connectivity index (χ2v) is 18.0. The molecular formula is C58H55N. The van der Waals surface area contributed by atoms with Crippen LogP contribution in [0.1, 0.15) is 63.8 Å². The molecule has 0 atom stereocenters. The van der Waals surface area contributed by atoms with Crippen molar-refractivity contribution in [2.24, 2.45) is 0 Å². The van der Waals surface area contributed by atoms with Crippen molar-refractivity contribution in [2.75, 3.05) is 4.90 Å². The van der Waals surface area contributed by atoms with E-state index >= 15 is 0 Å². The number of nitrogens with zero attached hydrogens (tertiary/aromatic N) is 1. The van der Waals surface area contributed by atoms with Gasteiger partial charge in [0.1, 0.15) is 0 Å². The van der Waals surface area contributed by atoms with Crippen LogP contribution in [0.3, 0.4) is 0 Å². The third-order valence-electron chi connectivity index (χ3n) is 11.6. The fourth-order valence-electron chi connectivity index (χ4n) is 8.11. The smallest absolute Gasteiger partial charge is 0.0464 e. The van der Waals surface area contributed by atoms with Crippen LogP contribution in [0, 0.1) is 13.8 Å². The van der Waals surface area contributed by atoms with Gasteiger partial charge in [0.05, 0.1) is 0 Å². The molecule has 292 valence electrons. The highest BCUT2D eigenvalue weighted by Gasteiger charge is 2.20. The lowest BCUT2D eigenvalue weighted by molar-refractivity contribution is 0.590. The van der Waals surface area contributed by atoms with E-state index in [0.29, 0.717) is 0 Å². The Morgan fingerprint density at radius 3 is 1.07 bits per heavy atom. The second-order valence-electron chi connectivity index (χ2n) is 18.0. The van der Waals surface area contributed by atoms with Gasteiger partial charge >= 0.3 is 0 Å². The number of hydrogen-bond acceptors (Lipinski definition) is 1. The van der Waals surface area contributed by atoms with E-state index in [1.54, 1.807) is 0 Å². The minimum atomic E-state index is 0.0497. The largest absolute Gasteiger partial charge is 0.310 e. The SMILES string of the molecule is Cc1ccc(-c2ccc(N(c3ccc(-c4ccc(C(C)(C)C)cc4-c4ccccc4)cc3)c3ccc(-c4ccc(C(C)(C)C)cc4-c4ccccc4)cc3)cc2C)cc1. The molecule has 0 aliphatic carbocycles. The standard InChI is InChI=1S/C58H55N/c1-40-19-21-44(22-20-40)52-36-33-51(37-41(52)2)59(49-29-23-45(24-30-49)53-34-27-47(57(3,4)5)38-55(53)42-15-11-9-12-16-42)50-31-25-46(26-32-50)54-35-28-48(58(6,7)8)39-56(54)43-17-13-10-14-18-43/h9-39H,1-8H3. The number of aryl methyl sites for hydroxylation is 2. The Morgan fingerprint density at radius 2 is 0.661 bits per heavy atom. The highest BCUT2D eigenvalue weighted by molar-refractivity contribution is 5.88. The van der Waals surface area contributed by atoms with E-state index in [4.69, 9.17) is 0 Å². The number of rotatable bonds is 8. The summed E-state index contributed by atoms with van der Waals surface area (Å²) < 4.78 is 0. The first kappa shape index (κ1) is 39.4. The van der Waals surface area contributed by atoms with Gasteiger partial charge in [0.2, 0.25) is 0 Å². The first-order valence-corrected chi connectivity index (χ1v) is 20.9. The van der Waals surface area contributed by atoms with E-state index in [0.717, 1.165) is 17.1 Å². The molecule has 0 aromatic heterocycles. The van der Waals surface area contributed by atoms with Crippen LogP contribution in [0.15, 0.2) is 188 Å². The molecule has 0 aliphatic heterocycles. The van der Waals surface area contributed by atoms with Crippen LogP contribution in [0.25, 0.3) is 55.6 Å². The molecule has 8 aromatic carbocycles. The molecule has 0 amide bonds. The van der Waals surface area contributed by atoms with Gasteiger partial charge in [-0.05, 0) is 133 Å². The van der Waals surface area contributed by atoms with E-state index < -0.39 is 0 Å². The molecule has 0 bridgehead atoms. The van der Waals surface area contributed by atoms with Gasteiger partial charge in [0.15, 0.2) is 0 Å². The van der Waals surface area contributed by atoms with E-state index in [-0.39, 0.29) is 10.8 Å². The van der Waals surface area contributed by atoms with Gasteiger partial charge in [-0.2, -0.15) is 0 Å². The Morgan fingerprint density at radius 1 is 0.305 bits per heavy atom. The van der Waals surface area contributed by atoms with Crippen molar-refractivity contribution in [1.29, 1.82) is 0 Å². The van der Waals surface area contributed by atoms with Gasteiger partial charge in [0.25, 0.3) is 0 Å². The van der Waals surface area contributed by atoms with Crippen molar-refractivity contribution in [3.8, 4) is 55.6 Å². The molecular weight excluding hydrogens is 711 g/mol. The van der Waals surface area contributed by atoms with Gasteiger partial charge in [-0.1, -0.05) is 199 Å². The van der Waals surface area contributed by atoms with Gasteiger partial charge < -0.3 is 4.90 Å². The van der Waals surface area contributed by atoms with Gasteiger partial charge in [0, 0.05) is 17.1 Å². The summed E-state index contributed by atoms with van der Waals surface area (Å²) in [6.45, 7) is 18.1. The first-order chi connectivity index (χ1) is 28.3. The molecule has 8 rings (SSSR count). The summed E-state index contributed by atoms with van der Waals surface area (Å²) in [4.78, 5) is 2.39. The lowest BCUT2D eigenvalue weighted by Crippen LogP contribution is -2.11. The molecule has 59 heavy (non-hydrogen) atoms. The quantitative estimate of drug-likeness (QED) is 0.149. The molecule has 0 unspecified atom stereocenters. The van der Waals surface area contributed by atoms with E-state index in [2.05, 4.69) is 248 Å². The summed E-state index contributed by atoms with van der Waals surface area (Å²) in [5.41, 5.74) is 20.9. The highest BCUT2D eigenvalue weighted by Crippen LogP contribution is 2.42. The van der Waals surface area contributed by atoms with Crippen molar-refractivity contribution in [3.05, 3.63) is 210 Å². The summed E-state index contributed by atoms with van der Waals surface area (Å²) in [5.74, 6) is 0. The van der Waals surface area contributed by atoms with E-state index in [1.807, 2.05) is 0 Å². The van der Waals surface area contributed by atoms with Crippen LogP contribution in [0.4, 0.5) is 17.1 Å². The fraction of sp³-hybridized carbons (Fsp3) is 0.172. The third kappa shape index (κ3) is 8.43. The van der Waals surface area contributed by atoms with Crippen LogP contribution in [-0.4, -0.2) is 0 Å². The number of hydrogen-bond donors (Lipinski definition) is 0. The van der Waals surface area contributed by atoms with Crippen LogP contribution in [0.2, 0.25) is 0 Å². The Hall–Kier alpha value is -6.44. The van der Waals surface area contributed by atoms with Gasteiger partial charge in [-0.15, -0.1) is 0 Å². The zero-order valence-electron chi connectivity index (χ0n) is 35.8. The predicted molar refractivity (Wildman–Crippen MR) is 255 cm³/mol. The summed E-state index contributed by atoms with van der Waals surface area (Å²) in [5, 5.41) is 0. The molecule has 0 aliphatic rings. The third-order valence-corrected chi connectivity index (χ3v) is 11.6. The fourth-order valence-corrected chi connectivity index (χ4v) is 8.11. The molecule has 8 aromatic rings. The Labute approximate surface area is 352 Å². The normalized spacial score (nSPS) is 11.7. The Balaban J connectivity index is 1.22. The maximum Gasteiger partial charge on any atom is 0.0464 e. The highest BCUT2D eigenvalue weighted by atomic mass is 15.1. The molecule has 0 saturated carbocycles. The van der Waals surface area contributed by atoms with Crippen molar-refractivity contribution >= 4 is 17.1 Å². The lowest BCUT2D eigenvalue weighted by atomic mass is 9.83. The zero-order valence-corrected chi connectivity index (χ0v) is 35.8. The minimum Gasteiger partial charge on any atom is -0.310 e. The van der Waals surface area contributed by atoms with E-state index in [1.165, 1.54) is 77.9 Å². The van der Waals surface area contributed by atoms with E-state index in [9.17, 15) is 0 Å². The summed E-state index contributed by atoms with van der Waals surface area (Å²) >= 11 is 0. The number of anilines is 3.